The molecule has 7 nitrogen and oxygen atoms in total. The molecule has 2 aromatic rings. The van der Waals surface area contributed by atoms with Crippen LogP contribution in [0.25, 0.3) is 0 Å². The van der Waals surface area contributed by atoms with Gasteiger partial charge < -0.3 is 14.8 Å². The van der Waals surface area contributed by atoms with Gasteiger partial charge in [-0.25, -0.2) is 4.79 Å². The molecule has 0 saturated heterocycles. The van der Waals surface area contributed by atoms with E-state index < -0.39 is 17.7 Å². The molecule has 0 unspecified atom stereocenters. The third-order valence-electron chi connectivity index (χ3n) is 4.74. The fourth-order valence-corrected chi connectivity index (χ4v) is 3.01. The maximum absolute atomic E-state index is 13.0. The zero-order chi connectivity index (χ0) is 22.6. The summed E-state index contributed by atoms with van der Waals surface area (Å²) in [6.07, 6.45) is -1.84. The summed E-state index contributed by atoms with van der Waals surface area (Å²) in [6.45, 7) is 1.67. The Hall–Kier alpha value is -3.43. The van der Waals surface area contributed by atoms with Gasteiger partial charge in [-0.1, -0.05) is 28.5 Å². The number of nitrogens with zero attached hydrogens (tertiary/aromatic N) is 3. The molecule has 0 spiro atoms. The van der Waals surface area contributed by atoms with Crippen LogP contribution in [0.15, 0.2) is 46.8 Å². The van der Waals surface area contributed by atoms with Gasteiger partial charge >= 0.3 is 12.1 Å². The van der Waals surface area contributed by atoms with Crippen LogP contribution in [-0.4, -0.2) is 34.6 Å². The van der Waals surface area contributed by atoms with Crippen LogP contribution < -0.4 is 0 Å². The largest absolute Gasteiger partial charge is 0.476 e. The topological polar surface area (TPSA) is 93.4 Å². The average Bonchev–Trinajstić information content (AvgIpc) is 3.55. The lowest BCUT2D eigenvalue weighted by Crippen LogP contribution is -2.18. The fourth-order valence-electron chi connectivity index (χ4n) is 3.01. The maximum atomic E-state index is 13.0. The van der Waals surface area contributed by atoms with E-state index in [1.54, 1.807) is 25.1 Å². The van der Waals surface area contributed by atoms with Crippen molar-refractivity contribution in [3.63, 3.8) is 0 Å². The number of carbonyl (C=O) groups is 1. The van der Waals surface area contributed by atoms with Gasteiger partial charge in [0.05, 0.1) is 11.3 Å². The molecule has 1 aromatic carbocycles. The predicted octanol–water partition coefficient (Wildman–Crippen LogP) is 4.17. The number of benzene rings is 1. The molecule has 1 aromatic heterocycles. The molecule has 1 heterocycles. The summed E-state index contributed by atoms with van der Waals surface area (Å²) in [6, 6.07) is 6.87. The third-order valence-corrected chi connectivity index (χ3v) is 4.74. The van der Waals surface area contributed by atoms with E-state index in [0.717, 1.165) is 36.7 Å². The van der Waals surface area contributed by atoms with E-state index >= 15 is 0 Å². The monoisotopic (exact) mass is 435 g/mol. The Morgan fingerprint density at radius 3 is 2.61 bits per heavy atom. The highest BCUT2D eigenvalue weighted by atomic mass is 19.4. The molecule has 0 amide bonds. The Morgan fingerprint density at radius 1 is 1.26 bits per heavy atom. The molecular formula is C21H20F3N3O4. The van der Waals surface area contributed by atoms with Gasteiger partial charge in [0.1, 0.15) is 19.4 Å². The number of hydrogen-bond donors (Lipinski definition) is 1. The van der Waals surface area contributed by atoms with E-state index in [9.17, 15) is 23.1 Å². The van der Waals surface area contributed by atoms with E-state index in [1.165, 1.54) is 7.11 Å². The third kappa shape index (κ3) is 5.39. The van der Waals surface area contributed by atoms with Gasteiger partial charge in [0.2, 0.25) is 0 Å². The van der Waals surface area contributed by atoms with Gasteiger partial charge in [-0.05, 0) is 37.5 Å². The molecule has 1 N–H and O–H groups in total. The van der Waals surface area contributed by atoms with Crippen molar-refractivity contribution in [3.8, 4) is 0 Å². The minimum Gasteiger partial charge on any atom is -0.476 e. The normalized spacial score (nSPS) is 15.0. The molecule has 0 aliphatic heterocycles. The summed E-state index contributed by atoms with van der Waals surface area (Å²) >= 11 is 0. The second kappa shape index (κ2) is 9.15. The van der Waals surface area contributed by atoms with Crippen molar-refractivity contribution in [2.75, 3.05) is 7.11 Å². The van der Waals surface area contributed by atoms with Crippen LogP contribution >= 0.6 is 0 Å². The van der Waals surface area contributed by atoms with Gasteiger partial charge in [-0.3, -0.25) is 4.98 Å². The number of oxime groups is 2. The van der Waals surface area contributed by atoms with Crippen molar-refractivity contribution in [3.05, 3.63) is 64.5 Å². The zero-order valence-corrected chi connectivity index (χ0v) is 16.8. The molecule has 0 atom stereocenters. The second-order valence-electron chi connectivity index (χ2n) is 6.98. The minimum absolute atomic E-state index is 0.0306. The van der Waals surface area contributed by atoms with Crippen molar-refractivity contribution >= 4 is 17.4 Å². The lowest BCUT2D eigenvalue weighted by atomic mass is 9.99. The molecule has 10 heteroatoms. The first-order chi connectivity index (χ1) is 14.7. The fraction of sp³-hybridized carbons (Fsp3) is 0.333. The minimum atomic E-state index is -4.49. The number of aliphatic carboxylic acids is 1. The van der Waals surface area contributed by atoms with E-state index in [2.05, 4.69) is 20.1 Å². The van der Waals surface area contributed by atoms with Gasteiger partial charge in [-0.2, -0.15) is 13.2 Å². The lowest BCUT2D eigenvalue weighted by Gasteiger charge is -2.12. The Bertz CT molecular complexity index is 1030. The number of carboxylic acid groups (broad SMARTS) is 1. The molecule has 3 rings (SSSR count). The molecule has 1 aliphatic rings. The zero-order valence-electron chi connectivity index (χ0n) is 16.8. The van der Waals surface area contributed by atoms with Gasteiger partial charge in [0.15, 0.2) is 5.71 Å². The van der Waals surface area contributed by atoms with Crippen molar-refractivity contribution in [1.29, 1.82) is 0 Å². The summed E-state index contributed by atoms with van der Waals surface area (Å²) in [7, 11) is 1.24. The smallest absolute Gasteiger partial charge is 0.416 e. The number of halogens is 3. The molecule has 1 aliphatic carbocycles. The van der Waals surface area contributed by atoms with Crippen LogP contribution in [0.5, 0.6) is 0 Å². The maximum Gasteiger partial charge on any atom is 0.416 e. The summed E-state index contributed by atoms with van der Waals surface area (Å²) in [5.74, 6) is -1.30. The predicted molar refractivity (Wildman–Crippen MR) is 106 cm³/mol. The second-order valence-corrected chi connectivity index (χ2v) is 6.98. The summed E-state index contributed by atoms with van der Waals surface area (Å²) in [5.41, 5.74) is 0.902. The summed E-state index contributed by atoms with van der Waals surface area (Å²) in [5, 5.41) is 17.1. The van der Waals surface area contributed by atoms with Crippen molar-refractivity contribution in [2.24, 2.45) is 16.2 Å². The van der Waals surface area contributed by atoms with E-state index in [4.69, 9.17) is 4.84 Å². The first-order valence-corrected chi connectivity index (χ1v) is 9.39. The van der Waals surface area contributed by atoms with Crippen LogP contribution in [0.1, 0.15) is 40.8 Å². The van der Waals surface area contributed by atoms with E-state index in [-0.39, 0.29) is 23.9 Å². The number of rotatable bonds is 8. The molecule has 1 saturated carbocycles. The number of carboxylic acids is 1. The lowest BCUT2D eigenvalue weighted by molar-refractivity contribution is -0.137. The van der Waals surface area contributed by atoms with Crippen LogP contribution in [0.4, 0.5) is 13.2 Å². The van der Waals surface area contributed by atoms with Crippen LogP contribution in [0.2, 0.25) is 0 Å². The van der Waals surface area contributed by atoms with Gasteiger partial charge in [-0.15, -0.1) is 0 Å². The van der Waals surface area contributed by atoms with E-state index in [0.29, 0.717) is 16.8 Å². The molecule has 0 bridgehead atoms. The quantitative estimate of drug-likeness (QED) is 0.496. The van der Waals surface area contributed by atoms with Crippen molar-refractivity contribution in [1.82, 2.24) is 4.98 Å². The highest BCUT2D eigenvalue weighted by Gasteiger charge is 2.34. The SMILES string of the molecule is CO/N=C(/C(=O)O)c1cccc(C)c1CO/N=C(/c1cc(C(F)(F)F)ccn1)C1CC1. The standard InChI is InChI=1S/C21H20F3N3O4/c1-12-4-3-5-15(19(20(28)29)26-30-2)16(12)11-31-27-18(13-6-7-13)17-10-14(8-9-25-17)21(22,23)24/h3-5,8-10,13H,6-7,11H2,1-2H3,(H,28,29)/b26-19+,27-18+. The number of alkyl halides is 3. The van der Waals surface area contributed by atoms with Crippen molar-refractivity contribution in [2.45, 2.75) is 32.5 Å². The molecule has 164 valence electrons. The van der Waals surface area contributed by atoms with Crippen LogP contribution in [0.3, 0.4) is 0 Å². The Kier molecular flexibility index (Phi) is 6.57. The highest BCUT2D eigenvalue weighted by Crippen LogP contribution is 2.35. The summed E-state index contributed by atoms with van der Waals surface area (Å²) < 4.78 is 39.1. The first-order valence-electron chi connectivity index (χ1n) is 9.39. The molecule has 31 heavy (non-hydrogen) atoms. The number of aromatic nitrogens is 1. The van der Waals surface area contributed by atoms with Gasteiger partial charge in [0.25, 0.3) is 0 Å². The molecular weight excluding hydrogens is 415 g/mol. The first kappa shape index (κ1) is 22.3. The number of hydrogen-bond acceptors (Lipinski definition) is 6. The van der Waals surface area contributed by atoms with Crippen LogP contribution in [0, 0.1) is 12.8 Å². The Balaban J connectivity index is 1.89. The Labute approximate surface area is 176 Å². The summed E-state index contributed by atoms with van der Waals surface area (Å²) in [4.78, 5) is 25.7. The molecule has 1 fully saturated rings. The number of pyridine rings is 1. The van der Waals surface area contributed by atoms with E-state index in [1.807, 2.05) is 0 Å². The highest BCUT2D eigenvalue weighted by molar-refractivity contribution is 6.42. The Morgan fingerprint density at radius 2 is 2.00 bits per heavy atom. The van der Waals surface area contributed by atoms with Gasteiger partial charge in [0, 0.05) is 23.2 Å². The average molecular weight is 435 g/mol. The number of aryl methyl sites for hydroxylation is 1. The van der Waals surface area contributed by atoms with Crippen LogP contribution in [-0.2, 0) is 27.3 Å². The van der Waals surface area contributed by atoms with Crippen molar-refractivity contribution < 1.29 is 32.7 Å². The molecule has 0 radical (unpaired) electrons.